The van der Waals surface area contributed by atoms with Crippen molar-refractivity contribution >= 4 is 23.6 Å². The van der Waals surface area contributed by atoms with Gasteiger partial charge in [-0.15, -0.1) is 14.7 Å². The lowest BCUT2D eigenvalue weighted by Crippen LogP contribution is -2.38. The Morgan fingerprint density at radius 2 is 0.865 bits per heavy atom. The van der Waals surface area contributed by atoms with E-state index in [4.69, 9.17) is 23.5 Å². The highest BCUT2D eigenvalue weighted by Crippen LogP contribution is 2.48. The minimum absolute atomic E-state index is 0.00161. The molecule has 8 saturated heterocycles. The first-order valence-corrected chi connectivity index (χ1v) is 41.5. The first kappa shape index (κ1) is 84.6. The first-order chi connectivity index (χ1) is 60.8. The van der Waals surface area contributed by atoms with Gasteiger partial charge in [0.2, 0.25) is 11.8 Å². The van der Waals surface area contributed by atoms with Crippen molar-refractivity contribution in [3.63, 3.8) is 0 Å². The van der Waals surface area contributed by atoms with E-state index in [0.717, 1.165) is 116 Å². The van der Waals surface area contributed by atoms with E-state index in [1.807, 2.05) is 97.1 Å². The van der Waals surface area contributed by atoms with E-state index in [2.05, 4.69) is 80.7 Å². The SMILES string of the molecule is Cc1ccc(OCC2CC3CCC2N3C(=O)c2ccc(C)nc2-n2ccnn2)nc1.Cc1ccc(OCC2CC3CCC2N3C(=O)c2ccc(C)nc2-n2nccn2)nc1.Cc1noc(-c2ccccc2C(=O)N2C3CCC2C(COc2nccc(C(F)(F)F)n2)C3)n1.O=C(c1cccc(F)c1-n1nccn1)N1C2CCC1C(COc1nccc(C(F)(F)F)n1)C2. The quantitative estimate of drug-likeness (QED) is 0.0640. The van der Waals surface area contributed by atoms with Gasteiger partial charge >= 0.3 is 24.4 Å². The molecule has 0 radical (unpaired) electrons. The summed E-state index contributed by atoms with van der Waals surface area (Å²) in [5.74, 6) is 2.44. The van der Waals surface area contributed by atoms with Crippen molar-refractivity contribution in [3.8, 4) is 52.6 Å². The zero-order chi connectivity index (χ0) is 87.7. The highest BCUT2D eigenvalue weighted by Gasteiger charge is 2.54. The van der Waals surface area contributed by atoms with Crippen LogP contribution in [0.3, 0.4) is 0 Å². The lowest BCUT2D eigenvalue weighted by atomic mass is 9.90. The molecule has 0 aliphatic carbocycles. The van der Waals surface area contributed by atoms with Crippen LogP contribution in [-0.4, -0.2) is 213 Å². The number of ether oxygens (including phenoxy) is 4. The Morgan fingerprint density at radius 3 is 1.31 bits per heavy atom. The molecule has 39 heteroatoms. The van der Waals surface area contributed by atoms with Crippen LogP contribution in [0.4, 0.5) is 30.7 Å². The molecule has 8 fully saturated rings. The number of para-hydroxylation sites is 1. The smallest absolute Gasteiger partial charge is 0.433 e. The molecule has 12 atom stereocenters. The van der Waals surface area contributed by atoms with Gasteiger partial charge in [-0.1, -0.05) is 40.7 Å². The molecule has 18 heterocycles. The Morgan fingerprint density at radius 1 is 0.429 bits per heavy atom. The Bertz CT molecular complexity index is 5710. The van der Waals surface area contributed by atoms with E-state index in [0.29, 0.717) is 89.4 Å². The van der Waals surface area contributed by atoms with E-state index >= 15 is 0 Å². The molecule has 12 unspecified atom stereocenters. The van der Waals surface area contributed by atoms with Gasteiger partial charge in [-0.2, -0.15) is 61.7 Å². The maximum absolute atomic E-state index is 14.6. The number of fused-ring (bicyclic) bond motifs is 8. The predicted molar refractivity (Wildman–Crippen MR) is 432 cm³/mol. The number of hydrogen-bond acceptors (Lipinski definition) is 25. The van der Waals surface area contributed by atoms with Crippen LogP contribution < -0.4 is 18.9 Å². The third-order valence-corrected chi connectivity index (χ3v) is 24.4. The Labute approximate surface area is 716 Å². The molecule has 0 saturated carbocycles. The van der Waals surface area contributed by atoms with Crippen molar-refractivity contribution < 1.29 is 73.4 Å². The highest BCUT2D eigenvalue weighted by atomic mass is 19.4. The van der Waals surface area contributed by atoms with Gasteiger partial charge < -0.3 is 43.1 Å². The Hall–Kier alpha value is -13.7. The number of carbonyl (C=O) groups is 4. The summed E-state index contributed by atoms with van der Waals surface area (Å²) in [7, 11) is 0. The van der Waals surface area contributed by atoms with Gasteiger partial charge in [0.25, 0.3) is 29.5 Å². The number of alkyl halides is 6. The fourth-order valence-electron chi connectivity index (χ4n) is 18.8. The number of amides is 4. The number of hydrogen-bond donors (Lipinski definition) is 0. The number of pyridine rings is 4. The Kier molecular flexibility index (Phi) is 24.1. The molecule has 10 aromatic heterocycles. The van der Waals surface area contributed by atoms with E-state index in [1.165, 1.54) is 35.4 Å². The predicted octanol–water partition coefficient (Wildman–Crippen LogP) is 12.7. The molecule has 0 N–H and O–H groups in total. The number of nitrogens with zero attached hydrogens (tertiary/aromatic N) is 23. The summed E-state index contributed by atoms with van der Waals surface area (Å²) in [5, 5.41) is 28.0. The maximum Gasteiger partial charge on any atom is 0.433 e. The fraction of sp³-hybridized carbons (Fsp3) is 0.402. The van der Waals surface area contributed by atoms with E-state index in [9.17, 15) is 49.9 Å². The summed E-state index contributed by atoms with van der Waals surface area (Å²) in [6.45, 7) is 10.9. The molecule has 8 aliphatic rings. The summed E-state index contributed by atoms with van der Waals surface area (Å²) >= 11 is 0. The van der Waals surface area contributed by atoms with Crippen LogP contribution in [-0.2, 0) is 12.4 Å². The van der Waals surface area contributed by atoms with Crippen molar-refractivity contribution in [3.05, 3.63) is 233 Å². The minimum Gasteiger partial charge on any atom is -0.477 e. The van der Waals surface area contributed by atoms with Gasteiger partial charge in [-0.25, -0.2) is 39.0 Å². The summed E-state index contributed by atoms with van der Waals surface area (Å²) < 4.78 is 122. The van der Waals surface area contributed by atoms with E-state index in [-0.39, 0.29) is 126 Å². The summed E-state index contributed by atoms with van der Waals surface area (Å²) in [5.41, 5.74) is 3.99. The third-order valence-electron chi connectivity index (χ3n) is 24.4. The van der Waals surface area contributed by atoms with Gasteiger partial charge in [0, 0.05) is 120 Å². The van der Waals surface area contributed by atoms with Crippen LogP contribution >= 0.6 is 0 Å². The average molecular weight is 1730 g/mol. The lowest BCUT2D eigenvalue weighted by Gasteiger charge is -2.25. The second kappa shape index (κ2) is 35.9. The Balaban J connectivity index is 0.000000119. The molecule has 8 bridgehead atoms. The molecule has 32 nitrogen and oxygen atoms in total. The van der Waals surface area contributed by atoms with Crippen LogP contribution in [0.1, 0.15) is 158 Å². The number of carbonyl (C=O) groups excluding carboxylic acids is 4. The van der Waals surface area contributed by atoms with Crippen molar-refractivity contribution in [2.45, 2.75) is 172 Å². The number of benzene rings is 2. The van der Waals surface area contributed by atoms with Crippen molar-refractivity contribution in [2.75, 3.05) is 26.4 Å². The zero-order valence-electron chi connectivity index (χ0n) is 68.9. The summed E-state index contributed by atoms with van der Waals surface area (Å²) in [6, 6.07) is 27.9. The largest absolute Gasteiger partial charge is 0.477 e. The third kappa shape index (κ3) is 17.9. The molecule has 0 spiro atoms. The van der Waals surface area contributed by atoms with Crippen LogP contribution in [0.5, 0.6) is 23.8 Å². The summed E-state index contributed by atoms with van der Waals surface area (Å²) in [4.78, 5) is 101. The van der Waals surface area contributed by atoms with E-state index in [1.54, 1.807) is 71.8 Å². The molecule has 2 aromatic carbocycles. The second-order valence-electron chi connectivity index (χ2n) is 32.5. The summed E-state index contributed by atoms with van der Waals surface area (Å²) in [6.07, 6.45) is 16.2. The van der Waals surface area contributed by atoms with Gasteiger partial charge in [0.05, 0.1) is 91.4 Å². The normalized spacial score (nSPS) is 22.3. The van der Waals surface area contributed by atoms with Gasteiger partial charge in [-0.3, -0.25) is 19.2 Å². The molecule has 126 heavy (non-hydrogen) atoms. The lowest BCUT2D eigenvalue weighted by molar-refractivity contribution is -0.142. The first-order valence-electron chi connectivity index (χ1n) is 41.5. The molecule has 12 aromatic rings. The number of aryl methyl sites for hydroxylation is 5. The number of rotatable bonds is 20. The molecule has 20 rings (SSSR count). The molecule has 652 valence electrons. The zero-order valence-corrected chi connectivity index (χ0v) is 68.9. The molecule has 8 aliphatic heterocycles. The van der Waals surface area contributed by atoms with Crippen molar-refractivity contribution in [2.24, 2.45) is 23.7 Å². The van der Waals surface area contributed by atoms with Gasteiger partial charge in [0.15, 0.2) is 34.7 Å². The minimum atomic E-state index is -4.59. The van der Waals surface area contributed by atoms with Gasteiger partial charge in [0.1, 0.15) is 5.69 Å². The molecular formula is C87H86F7N23O9. The average Bonchev–Trinajstić information content (AvgIpc) is 1.61. The number of aromatic nitrogens is 19. The maximum atomic E-state index is 14.6. The monoisotopic (exact) mass is 1730 g/mol. The van der Waals surface area contributed by atoms with Crippen LogP contribution in [0.15, 0.2) is 170 Å². The molecular weight excluding hydrogens is 1640 g/mol. The van der Waals surface area contributed by atoms with Crippen LogP contribution in [0.2, 0.25) is 0 Å². The number of halogens is 7. The second-order valence-corrected chi connectivity index (χ2v) is 32.5. The van der Waals surface area contributed by atoms with E-state index < -0.39 is 29.6 Å². The van der Waals surface area contributed by atoms with Crippen LogP contribution in [0, 0.1) is 64.1 Å². The van der Waals surface area contributed by atoms with Crippen molar-refractivity contribution in [1.29, 1.82) is 0 Å². The highest BCUT2D eigenvalue weighted by molar-refractivity contribution is 6.01. The van der Waals surface area contributed by atoms with Gasteiger partial charge in [-0.05, 0) is 183 Å². The fourth-order valence-corrected chi connectivity index (χ4v) is 18.8. The topological polar surface area (TPSA) is 352 Å². The molecule has 4 amide bonds. The van der Waals surface area contributed by atoms with Crippen molar-refractivity contribution in [1.82, 2.24) is 115 Å². The standard InChI is InChI=1S/C22H20F3N5O3.2C22H24N6O2.C21H18F4N6O2/c1-12-27-19(33-29-12)15-4-2-3-5-16(15)20(31)30-14-6-7-17(30)13(10-14)11-32-21-26-9-8-18(28-21)22(23,24)25;1-14-3-8-20(23-12-14)30-13-16-11-17-5-7-19(16)28(17)22(29)18-6-4-15(2)25-21(18)27-10-9-24-26-27;1-14-3-8-20(23-12-14)30-13-16-11-17-5-7-19(16)27(17)22(29)18-6-4-15(2)26-21(18)28-24-9-10-25-28;22-15-3-1-2-14(18(15)31-27-8-9-28-31)19(32)30-13-4-5-16(30)12(10-13)11-33-20-26-7-6-17(29-20)21(23,24)25/h2-5,8-9,13-14,17H,6-7,10-11H2,1H3;2*3-4,6,8-10,12,16-17,19H,5,7,11,13H2,1-2H3;1-3,6-9,12-13,16H,4-5,10-11H2. The van der Waals surface area contributed by atoms with Crippen LogP contribution in [0.25, 0.3) is 28.8 Å².